The highest BCUT2D eigenvalue weighted by molar-refractivity contribution is 5.92. The SMILES string of the molecule is C=CC(=O)CCC(=O)N1CCN(Cc2cc3c(N4CCCCC4)nc(-c4cnc(N)cc4C(F)(F)F)nn3c2)CC1. The minimum Gasteiger partial charge on any atom is -0.384 e. The molecule has 1 amide bonds. The number of hydrogen-bond donors (Lipinski definition) is 1. The van der Waals surface area contributed by atoms with Crippen LogP contribution in [-0.2, 0) is 22.3 Å². The van der Waals surface area contributed by atoms with Crippen LogP contribution in [0.15, 0.2) is 37.2 Å². The van der Waals surface area contributed by atoms with Crippen LogP contribution >= 0.6 is 0 Å². The summed E-state index contributed by atoms with van der Waals surface area (Å²) in [6.45, 7) is 7.98. The predicted octanol–water partition coefficient (Wildman–Crippen LogP) is 3.56. The minimum absolute atomic E-state index is 0.0428. The van der Waals surface area contributed by atoms with Gasteiger partial charge in [-0.1, -0.05) is 6.58 Å². The van der Waals surface area contributed by atoms with E-state index in [4.69, 9.17) is 5.73 Å². The first kappa shape index (κ1) is 28.5. The molecule has 0 atom stereocenters. The molecule has 3 aromatic rings. The molecule has 0 aromatic carbocycles. The Hall–Kier alpha value is -4.00. The fraction of sp³-hybridized carbons (Fsp3) is 0.464. The van der Waals surface area contributed by atoms with E-state index in [1.54, 1.807) is 9.42 Å². The lowest BCUT2D eigenvalue weighted by Crippen LogP contribution is -2.48. The smallest absolute Gasteiger partial charge is 0.384 e. The number of nitrogen functional groups attached to an aromatic ring is 1. The van der Waals surface area contributed by atoms with Crippen molar-refractivity contribution in [3.05, 3.63) is 48.3 Å². The maximum absolute atomic E-state index is 13.9. The molecule has 5 heterocycles. The summed E-state index contributed by atoms with van der Waals surface area (Å²) in [7, 11) is 0. The first-order valence-corrected chi connectivity index (χ1v) is 13.7. The number of rotatable bonds is 8. The number of hydrogen-bond acceptors (Lipinski definition) is 8. The molecule has 2 N–H and O–H groups in total. The summed E-state index contributed by atoms with van der Waals surface area (Å²) in [6, 6.07) is 2.80. The van der Waals surface area contributed by atoms with Gasteiger partial charge in [-0.05, 0) is 43.0 Å². The van der Waals surface area contributed by atoms with Gasteiger partial charge in [-0.15, -0.1) is 5.10 Å². The maximum atomic E-state index is 13.9. The Kier molecular flexibility index (Phi) is 8.25. The summed E-state index contributed by atoms with van der Waals surface area (Å²) in [5.41, 5.74) is 6.10. The number of nitrogens with two attached hydrogens (primary N) is 1. The number of anilines is 2. The molecule has 2 fully saturated rings. The van der Waals surface area contributed by atoms with Crippen LogP contribution in [0.4, 0.5) is 24.8 Å². The summed E-state index contributed by atoms with van der Waals surface area (Å²) in [6.07, 6.45) is 2.87. The van der Waals surface area contributed by atoms with Crippen LogP contribution in [0.3, 0.4) is 0 Å². The summed E-state index contributed by atoms with van der Waals surface area (Å²) < 4.78 is 43.4. The molecule has 0 radical (unpaired) electrons. The van der Waals surface area contributed by atoms with E-state index in [2.05, 4.69) is 31.4 Å². The molecule has 0 spiro atoms. The zero-order valence-corrected chi connectivity index (χ0v) is 22.7. The van der Waals surface area contributed by atoms with Crippen LogP contribution in [0, 0.1) is 0 Å². The Morgan fingerprint density at radius 2 is 1.76 bits per heavy atom. The lowest BCUT2D eigenvalue weighted by atomic mass is 10.1. The Labute approximate surface area is 235 Å². The number of piperazine rings is 1. The number of allylic oxidation sites excluding steroid dienone is 1. The first-order valence-electron chi connectivity index (χ1n) is 13.7. The molecule has 2 saturated heterocycles. The second-order valence-electron chi connectivity index (χ2n) is 10.5. The number of nitrogens with zero attached hydrogens (tertiary/aromatic N) is 7. The van der Waals surface area contributed by atoms with Gasteiger partial charge in [0.1, 0.15) is 11.3 Å². The van der Waals surface area contributed by atoms with Gasteiger partial charge in [-0.25, -0.2) is 14.5 Å². The van der Waals surface area contributed by atoms with Gasteiger partial charge >= 0.3 is 6.18 Å². The zero-order chi connectivity index (χ0) is 29.1. The van der Waals surface area contributed by atoms with Crippen molar-refractivity contribution in [3.8, 4) is 11.4 Å². The summed E-state index contributed by atoms with van der Waals surface area (Å²) in [5, 5.41) is 4.49. The molecule has 0 saturated carbocycles. The molecule has 218 valence electrons. The molecular formula is C28H33F3N8O2. The molecule has 3 aromatic heterocycles. The Morgan fingerprint density at radius 1 is 1.02 bits per heavy atom. The lowest BCUT2D eigenvalue weighted by Gasteiger charge is -2.34. The van der Waals surface area contributed by atoms with Gasteiger partial charge in [0.15, 0.2) is 17.4 Å². The van der Waals surface area contributed by atoms with Gasteiger partial charge in [0.25, 0.3) is 0 Å². The van der Waals surface area contributed by atoms with Gasteiger partial charge < -0.3 is 15.5 Å². The first-order chi connectivity index (χ1) is 19.6. The topological polar surface area (TPSA) is 113 Å². The van der Waals surface area contributed by atoms with E-state index in [-0.39, 0.29) is 41.7 Å². The summed E-state index contributed by atoms with van der Waals surface area (Å²) >= 11 is 0. The number of aromatic nitrogens is 4. The van der Waals surface area contributed by atoms with Crippen molar-refractivity contribution >= 4 is 28.8 Å². The Morgan fingerprint density at radius 3 is 2.44 bits per heavy atom. The van der Waals surface area contributed by atoms with Crippen molar-refractivity contribution in [2.75, 3.05) is 49.9 Å². The van der Waals surface area contributed by atoms with E-state index in [0.29, 0.717) is 38.5 Å². The summed E-state index contributed by atoms with van der Waals surface area (Å²) in [5.74, 6) is 0.111. The largest absolute Gasteiger partial charge is 0.417 e. The lowest BCUT2D eigenvalue weighted by molar-refractivity contribution is -0.137. The highest BCUT2D eigenvalue weighted by atomic mass is 19.4. The molecule has 0 aliphatic carbocycles. The zero-order valence-electron chi connectivity index (χ0n) is 22.7. The number of piperidine rings is 1. The van der Waals surface area contributed by atoms with E-state index < -0.39 is 11.7 Å². The van der Waals surface area contributed by atoms with Crippen molar-refractivity contribution in [3.63, 3.8) is 0 Å². The second-order valence-corrected chi connectivity index (χ2v) is 10.5. The van der Waals surface area contributed by atoms with Gasteiger partial charge in [0.05, 0.1) is 11.1 Å². The van der Waals surface area contributed by atoms with Crippen molar-refractivity contribution in [2.24, 2.45) is 0 Å². The van der Waals surface area contributed by atoms with E-state index in [9.17, 15) is 22.8 Å². The third kappa shape index (κ3) is 6.50. The van der Waals surface area contributed by atoms with Crippen molar-refractivity contribution < 1.29 is 22.8 Å². The fourth-order valence-corrected chi connectivity index (χ4v) is 5.36. The van der Waals surface area contributed by atoms with Crippen LogP contribution in [0.1, 0.15) is 43.2 Å². The highest BCUT2D eigenvalue weighted by Crippen LogP contribution is 2.37. The fourth-order valence-electron chi connectivity index (χ4n) is 5.36. The van der Waals surface area contributed by atoms with E-state index >= 15 is 0 Å². The van der Waals surface area contributed by atoms with Gasteiger partial charge in [0, 0.05) is 71.0 Å². The van der Waals surface area contributed by atoms with Crippen LogP contribution in [0.25, 0.3) is 16.9 Å². The third-order valence-electron chi connectivity index (χ3n) is 7.57. The third-order valence-corrected chi connectivity index (χ3v) is 7.57. The second kappa shape index (κ2) is 11.9. The highest BCUT2D eigenvalue weighted by Gasteiger charge is 2.35. The number of pyridine rings is 1. The van der Waals surface area contributed by atoms with Crippen LogP contribution in [-0.4, -0.2) is 80.3 Å². The molecule has 0 unspecified atom stereocenters. The van der Waals surface area contributed by atoms with E-state index in [1.807, 2.05) is 12.3 Å². The molecule has 2 aliphatic heterocycles. The predicted molar refractivity (Wildman–Crippen MR) is 148 cm³/mol. The average Bonchev–Trinajstić information content (AvgIpc) is 3.37. The molecule has 41 heavy (non-hydrogen) atoms. The van der Waals surface area contributed by atoms with E-state index in [1.165, 1.54) is 6.08 Å². The minimum atomic E-state index is -4.65. The normalized spacial score (nSPS) is 16.8. The standard InChI is InChI=1S/C28H33F3N8O2/c1-2-20(40)6-7-25(41)37-12-10-36(11-13-37)17-19-14-23-27(38-8-4-3-5-9-38)34-26(35-39(23)18-19)21-16-33-24(32)15-22(21)28(29,30)31/h2,14-16,18H,1,3-13,17H2,(H2,32,33). The van der Waals surface area contributed by atoms with Gasteiger partial charge in [-0.3, -0.25) is 14.5 Å². The molecule has 2 aliphatic rings. The molecule has 5 rings (SSSR count). The monoisotopic (exact) mass is 570 g/mol. The van der Waals surface area contributed by atoms with Crippen LogP contribution in [0.2, 0.25) is 0 Å². The number of ketones is 1. The number of halogens is 3. The number of carbonyl (C=O) groups excluding carboxylic acids is 2. The number of amides is 1. The van der Waals surface area contributed by atoms with Gasteiger partial charge in [0.2, 0.25) is 5.91 Å². The van der Waals surface area contributed by atoms with E-state index in [0.717, 1.165) is 55.7 Å². The Bertz CT molecular complexity index is 1440. The molecule has 0 bridgehead atoms. The molecular weight excluding hydrogens is 537 g/mol. The molecule has 13 heteroatoms. The Balaban J connectivity index is 1.39. The number of fused-ring (bicyclic) bond motifs is 1. The van der Waals surface area contributed by atoms with Crippen molar-refractivity contribution in [1.82, 2.24) is 29.4 Å². The van der Waals surface area contributed by atoms with Crippen LogP contribution in [0.5, 0.6) is 0 Å². The number of carbonyl (C=O) groups is 2. The average molecular weight is 571 g/mol. The van der Waals surface area contributed by atoms with Crippen LogP contribution < -0.4 is 10.6 Å². The molecule has 10 nitrogen and oxygen atoms in total. The van der Waals surface area contributed by atoms with Crippen molar-refractivity contribution in [2.45, 2.75) is 44.8 Å². The van der Waals surface area contributed by atoms with Gasteiger partial charge in [-0.2, -0.15) is 13.2 Å². The summed E-state index contributed by atoms with van der Waals surface area (Å²) in [4.78, 5) is 38.6. The van der Waals surface area contributed by atoms with Crippen molar-refractivity contribution in [1.29, 1.82) is 0 Å². The quantitative estimate of drug-likeness (QED) is 0.409. The maximum Gasteiger partial charge on any atom is 0.417 e. The number of alkyl halides is 3.